The molecule has 1 N–H and O–H groups in total. The number of nitrogens with one attached hydrogen (secondary N) is 1. The zero-order valence-corrected chi connectivity index (χ0v) is 13.3. The van der Waals surface area contributed by atoms with E-state index in [-0.39, 0.29) is 6.04 Å². The van der Waals surface area contributed by atoms with Crippen LogP contribution in [0, 0.1) is 5.92 Å². The molecule has 0 fully saturated rings. The number of rotatable bonds is 7. The van der Waals surface area contributed by atoms with E-state index in [1.54, 1.807) is 0 Å². The smallest absolute Gasteiger partial charge is 0.167 e. The lowest BCUT2D eigenvalue weighted by atomic mass is 10.0. The molecular weight excluding hydrogens is 262 g/mol. The summed E-state index contributed by atoms with van der Waals surface area (Å²) in [5.74, 6) is 1.89. The minimum atomic E-state index is 0.158. The van der Waals surface area contributed by atoms with E-state index in [4.69, 9.17) is 0 Å². The molecule has 2 atom stereocenters. The molecule has 21 heavy (non-hydrogen) atoms. The summed E-state index contributed by atoms with van der Waals surface area (Å²) in [4.78, 5) is 0. The normalized spacial score (nSPS) is 14.3. The van der Waals surface area contributed by atoms with Crippen LogP contribution in [0.4, 0.5) is 0 Å². The summed E-state index contributed by atoms with van der Waals surface area (Å²) < 4.78 is 1.91. The molecule has 5 nitrogen and oxygen atoms in total. The predicted molar refractivity (Wildman–Crippen MR) is 83.9 cm³/mol. The van der Waals surface area contributed by atoms with Gasteiger partial charge >= 0.3 is 0 Å². The van der Waals surface area contributed by atoms with Crippen molar-refractivity contribution in [2.75, 3.05) is 6.54 Å². The number of benzene rings is 1. The van der Waals surface area contributed by atoms with Gasteiger partial charge in [0.2, 0.25) is 0 Å². The zero-order chi connectivity index (χ0) is 15.2. The maximum absolute atomic E-state index is 4.18. The lowest BCUT2D eigenvalue weighted by Crippen LogP contribution is -2.26. The number of nitrogens with zero attached hydrogens (tertiary/aromatic N) is 4. The molecule has 0 spiro atoms. The lowest BCUT2D eigenvalue weighted by Gasteiger charge is -2.17. The Hall–Kier alpha value is -1.75. The molecule has 2 rings (SSSR count). The molecule has 5 heteroatoms. The average molecular weight is 287 g/mol. The molecule has 114 valence electrons. The van der Waals surface area contributed by atoms with Crippen LogP contribution in [0.25, 0.3) is 0 Å². The topological polar surface area (TPSA) is 55.6 Å². The van der Waals surface area contributed by atoms with Gasteiger partial charge in [-0.05, 0) is 35.4 Å². The summed E-state index contributed by atoms with van der Waals surface area (Å²) in [5, 5.41) is 15.6. The largest absolute Gasteiger partial charge is 0.307 e. The second-order valence-electron chi connectivity index (χ2n) is 6.05. The van der Waals surface area contributed by atoms with Crippen LogP contribution in [-0.2, 0) is 6.54 Å². The Morgan fingerprint density at radius 2 is 1.81 bits per heavy atom. The molecule has 1 heterocycles. The number of hydrogen-bond donors (Lipinski definition) is 1. The summed E-state index contributed by atoms with van der Waals surface area (Å²) in [6, 6.07) is 10.6. The second kappa shape index (κ2) is 7.31. The van der Waals surface area contributed by atoms with Gasteiger partial charge in [0, 0.05) is 5.92 Å². The van der Waals surface area contributed by atoms with Crippen LogP contribution in [0.15, 0.2) is 30.3 Å². The Bertz CT molecular complexity index is 535. The highest BCUT2D eigenvalue weighted by atomic mass is 15.5. The van der Waals surface area contributed by atoms with E-state index in [1.165, 1.54) is 5.56 Å². The highest BCUT2D eigenvalue weighted by Gasteiger charge is 2.16. The summed E-state index contributed by atoms with van der Waals surface area (Å²) in [7, 11) is 0. The first-order chi connectivity index (χ1) is 10.1. The fourth-order valence-corrected chi connectivity index (χ4v) is 2.30. The quantitative estimate of drug-likeness (QED) is 0.851. The van der Waals surface area contributed by atoms with E-state index < -0.39 is 0 Å². The van der Waals surface area contributed by atoms with Crippen LogP contribution in [0.3, 0.4) is 0 Å². The Kier molecular flexibility index (Phi) is 5.44. The van der Waals surface area contributed by atoms with Gasteiger partial charge in [-0.25, -0.2) is 4.68 Å². The predicted octanol–water partition coefficient (Wildman–Crippen LogP) is 2.78. The molecule has 2 aromatic rings. The lowest BCUT2D eigenvalue weighted by molar-refractivity contribution is 0.439. The summed E-state index contributed by atoms with van der Waals surface area (Å²) in [6.45, 7) is 10.5. The van der Waals surface area contributed by atoms with Crippen molar-refractivity contribution in [2.45, 2.75) is 46.2 Å². The first-order valence-electron chi connectivity index (χ1n) is 7.62. The first-order valence-corrected chi connectivity index (χ1v) is 7.62. The van der Waals surface area contributed by atoms with Crippen LogP contribution in [0.5, 0.6) is 0 Å². The third-order valence-electron chi connectivity index (χ3n) is 3.59. The van der Waals surface area contributed by atoms with Crippen molar-refractivity contribution in [2.24, 2.45) is 5.92 Å². The summed E-state index contributed by atoms with van der Waals surface area (Å²) in [6.07, 6.45) is 0. The van der Waals surface area contributed by atoms with Gasteiger partial charge in [-0.1, -0.05) is 51.1 Å². The molecule has 1 aromatic heterocycles. The van der Waals surface area contributed by atoms with Crippen LogP contribution < -0.4 is 5.32 Å². The molecule has 0 saturated heterocycles. The average Bonchev–Trinajstić information content (AvgIpc) is 2.93. The van der Waals surface area contributed by atoms with Crippen molar-refractivity contribution in [1.82, 2.24) is 25.5 Å². The van der Waals surface area contributed by atoms with Gasteiger partial charge in [-0.2, -0.15) is 0 Å². The number of hydrogen-bond acceptors (Lipinski definition) is 4. The van der Waals surface area contributed by atoms with E-state index in [9.17, 15) is 0 Å². The molecule has 2 unspecified atom stereocenters. The van der Waals surface area contributed by atoms with Crippen LogP contribution in [0.1, 0.15) is 51.0 Å². The zero-order valence-electron chi connectivity index (χ0n) is 13.3. The van der Waals surface area contributed by atoms with E-state index in [1.807, 2.05) is 10.7 Å². The summed E-state index contributed by atoms with van der Waals surface area (Å²) in [5.41, 5.74) is 1.31. The highest BCUT2D eigenvalue weighted by Crippen LogP contribution is 2.18. The highest BCUT2D eigenvalue weighted by molar-refractivity contribution is 5.18. The van der Waals surface area contributed by atoms with Crippen LogP contribution in [-0.4, -0.2) is 26.8 Å². The number of tetrazole rings is 1. The Morgan fingerprint density at radius 3 is 2.48 bits per heavy atom. The molecule has 0 amide bonds. The molecule has 0 aliphatic carbocycles. The van der Waals surface area contributed by atoms with E-state index in [2.05, 4.69) is 72.8 Å². The fourth-order valence-electron chi connectivity index (χ4n) is 2.30. The van der Waals surface area contributed by atoms with E-state index in [0.29, 0.717) is 11.8 Å². The van der Waals surface area contributed by atoms with E-state index >= 15 is 0 Å². The van der Waals surface area contributed by atoms with Crippen molar-refractivity contribution in [1.29, 1.82) is 0 Å². The van der Waals surface area contributed by atoms with Gasteiger partial charge in [0.1, 0.15) is 0 Å². The van der Waals surface area contributed by atoms with Gasteiger partial charge in [0.25, 0.3) is 0 Å². The van der Waals surface area contributed by atoms with Crippen molar-refractivity contribution >= 4 is 0 Å². The van der Waals surface area contributed by atoms with Gasteiger partial charge in [-0.3, -0.25) is 0 Å². The standard InChI is InChI=1S/C16H25N5/c1-12(2)10-17-14(4)16-18-19-20-21(16)11-13(3)15-8-6-5-7-9-15/h5-9,12-14,17H,10-11H2,1-4H3. The maximum Gasteiger partial charge on any atom is 0.167 e. The van der Waals surface area contributed by atoms with Gasteiger partial charge in [0.15, 0.2) is 5.82 Å². The molecule has 1 aromatic carbocycles. The maximum atomic E-state index is 4.18. The van der Waals surface area contributed by atoms with Crippen molar-refractivity contribution in [3.05, 3.63) is 41.7 Å². The fraction of sp³-hybridized carbons (Fsp3) is 0.562. The molecule has 0 saturated carbocycles. The molecule has 0 radical (unpaired) electrons. The number of aromatic nitrogens is 4. The van der Waals surface area contributed by atoms with Crippen molar-refractivity contribution in [3.8, 4) is 0 Å². The third-order valence-corrected chi connectivity index (χ3v) is 3.59. The molecule has 0 aliphatic rings. The van der Waals surface area contributed by atoms with Gasteiger partial charge in [-0.15, -0.1) is 5.10 Å². The Morgan fingerprint density at radius 1 is 1.10 bits per heavy atom. The van der Waals surface area contributed by atoms with Crippen molar-refractivity contribution < 1.29 is 0 Å². The third kappa shape index (κ3) is 4.36. The second-order valence-corrected chi connectivity index (χ2v) is 6.05. The monoisotopic (exact) mass is 287 g/mol. The minimum absolute atomic E-state index is 0.158. The van der Waals surface area contributed by atoms with Crippen LogP contribution >= 0.6 is 0 Å². The van der Waals surface area contributed by atoms with Crippen LogP contribution in [0.2, 0.25) is 0 Å². The molecule has 0 aliphatic heterocycles. The SMILES string of the molecule is CC(C)CNC(C)c1nnnn1CC(C)c1ccccc1. The summed E-state index contributed by atoms with van der Waals surface area (Å²) >= 11 is 0. The van der Waals surface area contributed by atoms with Gasteiger partial charge in [0.05, 0.1) is 12.6 Å². The Labute approximate surface area is 126 Å². The first kappa shape index (κ1) is 15.6. The Balaban J connectivity index is 2.03. The van der Waals surface area contributed by atoms with Crippen molar-refractivity contribution in [3.63, 3.8) is 0 Å². The minimum Gasteiger partial charge on any atom is -0.307 e. The van der Waals surface area contributed by atoms with E-state index in [0.717, 1.165) is 18.9 Å². The van der Waals surface area contributed by atoms with Gasteiger partial charge < -0.3 is 5.32 Å². The molecular formula is C16H25N5. The molecule has 0 bridgehead atoms.